The Morgan fingerprint density at radius 3 is 2.33 bits per heavy atom. The van der Waals surface area contributed by atoms with Gasteiger partial charge in [0.2, 0.25) is 0 Å². The van der Waals surface area contributed by atoms with Gasteiger partial charge in [-0.3, -0.25) is 4.57 Å². The summed E-state index contributed by atoms with van der Waals surface area (Å²) in [4.78, 5) is 4.96. The summed E-state index contributed by atoms with van der Waals surface area (Å²) in [6.07, 6.45) is 2.03. The van der Waals surface area contributed by atoms with Crippen LogP contribution in [0.1, 0.15) is 0 Å². The topological polar surface area (TPSA) is 17.3 Å². The fourth-order valence-electron chi connectivity index (χ4n) is 4.80. The summed E-state index contributed by atoms with van der Waals surface area (Å²) in [7, 11) is 0. The lowest BCUT2D eigenvalue weighted by atomic mass is 9.98. The molecule has 2 nitrogen and oxygen atoms in total. The molecule has 0 N–H and O–H groups in total. The summed E-state index contributed by atoms with van der Waals surface area (Å²) >= 11 is -0.379. The number of benzene rings is 5. The second-order valence-corrected chi connectivity index (χ2v) is 10.9. The van der Waals surface area contributed by atoms with Gasteiger partial charge in [0, 0.05) is 25.3 Å². The van der Waals surface area contributed by atoms with E-state index in [2.05, 4.69) is 114 Å². The first-order chi connectivity index (χ1) is 16.4. The number of hydrogen-bond donors (Lipinski definition) is 0. The highest BCUT2D eigenvalue weighted by atomic mass is 127. The van der Waals surface area contributed by atoms with Crippen molar-refractivity contribution in [2.45, 2.75) is 0 Å². The molecule has 0 bridgehead atoms. The average molecular weight is 534 g/mol. The highest BCUT2D eigenvalue weighted by Crippen LogP contribution is 2.37. The first kappa shape index (κ1) is 18.9. The van der Waals surface area contributed by atoms with Crippen molar-refractivity contribution in [3.63, 3.8) is 0 Å². The van der Waals surface area contributed by atoms with E-state index in [1.54, 1.807) is 0 Å². The van der Waals surface area contributed by atoms with Crippen molar-refractivity contribution in [1.29, 1.82) is 0 Å². The molecule has 1 aromatic heterocycles. The third-order valence-electron chi connectivity index (χ3n) is 6.35. The fourth-order valence-corrected chi connectivity index (χ4v) is 7.38. The molecule has 0 saturated heterocycles. The van der Waals surface area contributed by atoms with Crippen LogP contribution in [0.2, 0.25) is 0 Å². The van der Waals surface area contributed by atoms with Crippen LogP contribution in [0.4, 0.5) is 0 Å². The van der Waals surface area contributed by atoms with Gasteiger partial charge in [0.1, 0.15) is 0 Å². The third kappa shape index (κ3) is 3.00. The third-order valence-corrected chi connectivity index (χ3v) is 9.15. The number of hydrogen-bond acceptors (Lipinski definition) is 1. The van der Waals surface area contributed by atoms with Crippen LogP contribution in [-0.2, 0) is 0 Å². The molecule has 7 rings (SSSR count). The molecule has 0 spiro atoms. The van der Waals surface area contributed by atoms with Crippen molar-refractivity contribution in [3.05, 3.63) is 118 Å². The van der Waals surface area contributed by atoms with Gasteiger partial charge in [-0.15, -0.1) is 0 Å². The number of rotatable bonds is 1. The maximum Gasteiger partial charge on any atom is 0.171 e. The van der Waals surface area contributed by atoms with Gasteiger partial charge in [-0.05, 0) is 66.9 Å². The zero-order valence-electron chi connectivity index (χ0n) is 17.7. The van der Waals surface area contributed by atoms with Crippen LogP contribution >= 0.6 is 20.7 Å². The Morgan fingerprint density at radius 2 is 1.39 bits per heavy atom. The Balaban J connectivity index is 1.57. The van der Waals surface area contributed by atoms with Gasteiger partial charge in [-0.1, -0.05) is 84.9 Å². The zero-order valence-corrected chi connectivity index (χ0v) is 19.9. The second-order valence-electron chi connectivity index (χ2n) is 8.26. The van der Waals surface area contributed by atoms with Gasteiger partial charge in [0.05, 0.1) is 11.0 Å². The number of halogens is 1. The van der Waals surface area contributed by atoms with Crippen molar-refractivity contribution >= 4 is 63.4 Å². The maximum atomic E-state index is 4.96. The van der Waals surface area contributed by atoms with E-state index >= 15 is 0 Å². The molecule has 1 aliphatic rings. The Kier molecular flexibility index (Phi) is 4.30. The minimum atomic E-state index is -0.379. The summed E-state index contributed by atoms with van der Waals surface area (Å²) < 4.78 is 5.01. The summed E-state index contributed by atoms with van der Waals surface area (Å²) in [5.41, 5.74) is 4.96. The lowest BCUT2D eigenvalue weighted by Gasteiger charge is -2.10. The lowest BCUT2D eigenvalue weighted by Crippen LogP contribution is -2.10. The standard InChI is InChI=1S/C30H19IN2/c1-2-8-20(9-3-1)22-15-14-21-16-17-28-29(25(21)18-22)24-11-5-7-13-27(24)33(28)30-31-26-12-6-4-10-23(26)19-32-30/h1-19H. The first-order valence-electron chi connectivity index (χ1n) is 11.0. The molecule has 1 aliphatic heterocycles. The molecule has 156 valence electrons. The summed E-state index contributed by atoms with van der Waals surface area (Å²) in [6, 6.07) is 39.4. The van der Waals surface area contributed by atoms with Gasteiger partial charge < -0.3 is 0 Å². The highest BCUT2D eigenvalue weighted by molar-refractivity contribution is 14.2. The van der Waals surface area contributed by atoms with Crippen LogP contribution in [0.15, 0.2) is 114 Å². The van der Waals surface area contributed by atoms with E-state index < -0.39 is 0 Å². The van der Waals surface area contributed by atoms with Crippen LogP contribution in [0.25, 0.3) is 49.9 Å². The van der Waals surface area contributed by atoms with Gasteiger partial charge in [0.25, 0.3) is 0 Å². The van der Waals surface area contributed by atoms with E-state index in [0.29, 0.717) is 0 Å². The van der Waals surface area contributed by atoms with Crippen LogP contribution in [0.3, 0.4) is 0 Å². The quantitative estimate of drug-likeness (QED) is 0.195. The fraction of sp³-hybridized carbons (Fsp3) is 0. The number of aliphatic imine (C=N–C) groups is 1. The molecule has 2 heterocycles. The summed E-state index contributed by atoms with van der Waals surface area (Å²) in [5.74, 6) is 0. The Bertz CT molecular complexity index is 1860. The van der Waals surface area contributed by atoms with Crippen molar-refractivity contribution < 1.29 is 0 Å². The molecule has 0 saturated carbocycles. The minimum Gasteiger partial charge on any atom is -0.289 e. The van der Waals surface area contributed by atoms with E-state index in [1.807, 2.05) is 6.20 Å². The highest BCUT2D eigenvalue weighted by Gasteiger charge is 2.17. The molecular formula is C30H19IN2. The summed E-state index contributed by atoms with van der Waals surface area (Å²) in [6.45, 7) is 0. The molecule has 5 aromatic carbocycles. The van der Waals surface area contributed by atoms with Crippen molar-refractivity contribution in [3.8, 4) is 11.1 Å². The van der Waals surface area contributed by atoms with Crippen molar-refractivity contribution in [2.75, 3.05) is 0 Å². The lowest BCUT2D eigenvalue weighted by molar-refractivity contribution is 1.31. The molecule has 0 unspecified atom stereocenters. The normalized spacial score (nSPS) is 13.2. The van der Waals surface area contributed by atoms with E-state index in [4.69, 9.17) is 4.99 Å². The van der Waals surface area contributed by atoms with Gasteiger partial charge in [-0.2, -0.15) is 0 Å². The van der Waals surface area contributed by atoms with E-state index in [0.717, 1.165) is 0 Å². The smallest absolute Gasteiger partial charge is 0.171 e. The van der Waals surface area contributed by atoms with E-state index in [1.165, 1.54) is 55.9 Å². The monoisotopic (exact) mass is 534 g/mol. The second kappa shape index (κ2) is 7.49. The van der Waals surface area contributed by atoms with E-state index in [-0.39, 0.29) is 20.7 Å². The van der Waals surface area contributed by atoms with Gasteiger partial charge in [0.15, 0.2) is 3.84 Å². The average Bonchev–Trinajstić information content (AvgIpc) is 3.23. The van der Waals surface area contributed by atoms with Crippen LogP contribution < -0.4 is 5.22 Å². The molecule has 6 aromatic rings. The van der Waals surface area contributed by atoms with Crippen molar-refractivity contribution in [2.24, 2.45) is 4.99 Å². The Morgan fingerprint density at radius 1 is 0.606 bits per heavy atom. The molecule has 0 atom stereocenters. The molecule has 3 heteroatoms. The SMILES string of the molecule is C1=c2ccccc2=IC(n2c3ccccc3c3c4cc(-c5ccccc5)ccc4ccc32)=N1. The number of nitrogens with zero attached hydrogens (tertiary/aromatic N) is 2. The van der Waals surface area contributed by atoms with Crippen LogP contribution in [-0.4, -0.2) is 8.41 Å². The predicted molar refractivity (Wildman–Crippen MR) is 149 cm³/mol. The Labute approximate surface area is 200 Å². The molecule has 33 heavy (non-hydrogen) atoms. The van der Waals surface area contributed by atoms with Gasteiger partial charge in [-0.25, -0.2) is 4.99 Å². The van der Waals surface area contributed by atoms with Crippen molar-refractivity contribution in [1.82, 2.24) is 4.57 Å². The van der Waals surface area contributed by atoms with Crippen LogP contribution in [0, 0.1) is 3.15 Å². The molecule has 0 radical (unpaired) electrons. The zero-order chi connectivity index (χ0) is 21.8. The van der Waals surface area contributed by atoms with Crippen LogP contribution in [0.5, 0.6) is 0 Å². The number of para-hydroxylation sites is 1. The van der Waals surface area contributed by atoms with Gasteiger partial charge >= 0.3 is 0 Å². The largest absolute Gasteiger partial charge is 0.289 e. The molecule has 0 aliphatic carbocycles. The number of aromatic nitrogens is 1. The molecular weight excluding hydrogens is 515 g/mol. The maximum absolute atomic E-state index is 4.96. The Hall–Kier alpha value is -3.57. The minimum absolute atomic E-state index is 0.379. The molecule has 0 fully saturated rings. The molecule has 0 amide bonds. The number of fused-ring (bicyclic) bond motifs is 6. The summed E-state index contributed by atoms with van der Waals surface area (Å²) in [5, 5.41) is 6.41. The van der Waals surface area contributed by atoms with E-state index in [9.17, 15) is 0 Å². The first-order valence-corrected chi connectivity index (χ1v) is 13.2. The predicted octanol–water partition coefficient (Wildman–Crippen LogP) is 7.49.